The molecular formula is C18H28O2. The van der Waals surface area contributed by atoms with Crippen LogP contribution in [-0.2, 0) is 5.60 Å². The number of rotatable bonds is 3. The maximum absolute atomic E-state index is 11.1. The van der Waals surface area contributed by atoms with Crippen molar-refractivity contribution in [2.24, 2.45) is 11.3 Å². The molecule has 1 aromatic carbocycles. The summed E-state index contributed by atoms with van der Waals surface area (Å²) in [5, 5.41) is 11.1. The Kier molecular flexibility index (Phi) is 4.15. The first kappa shape index (κ1) is 15.4. The summed E-state index contributed by atoms with van der Waals surface area (Å²) in [6.07, 6.45) is 3.09. The van der Waals surface area contributed by atoms with Crippen LogP contribution in [0.1, 0.15) is 59.4 Å². The quantitative estimate of drug-likeness (QED) is 0.880. The van der Waals surface area contributed by atoms with Gasteiger partial charge in [0.2, 0.25) is 0 Å². The van der Waals surface area contributed by atoms with E-state index in [9.17, 15) is 5.11 Å². The van der Waals surface area contributed by atoms with Gasteiger partial charge in [-0.05, 0) is 62.1 Å². The van der Waals surface area contributed by atoms with E-state index in [0.717, 1.165) is 30.6 Å². The Labute approximate surface area is 123 Å². The van der Waals surface area contributed by atoms with Crippen LogP contribution in [0.4, 0.5) is 0 Å². The molecule has 1 saturated carbocycles. The zero-order valence-electron chi connectivity index (χ0n) is 13.4. The Balaban J connectivity index is 2.26. The molecule has 1 aromatic rings. The largest absolute Gasteiger partial charge is 0.491 e. The van der Waals surface area contributed by atoms with Gasteiger partial charge in [0.25, 0.3) is 0 Å². The molecule has 0 bridgehead atoms. The number of hydrogen-bond acceptors (Lipinski definition) is 2. The molecule has 2 atom stereocenters. The minimum absolute atomic E-state index is 0.155. The minimum Gasteiger partial charge on any atom is -0.491 e. The zero-order valence-corrected chi connectivity index (χ0v) is 13.4. The van der Waals surface area contributed by atoms with Crippen LogP contribution < -0.4 is 4.74 Å². The summed E-state index contributed by atoms with van der Waals surface area (Å²) < 4.78 is 5.76. The molecule has 0 saturated heterocycles. The molecule has 1 N–H and O–H groups in total. The highest BCUT2D eigenvalue weighted by molar-refractivity contribution is 5.33. The lowest BCUT2D eigenvalue weighted by atomic mass is 9.63. The zero-order chi connectivity index (χ0) is 15.0. The average Bonchev–Trinajstić information content (AvgIpc) is 2.33. The topological polar surface area (TPSA) is 29.5 Å². The molecule has 1 fully saturated rings. The maximum Gasteiger partial charge on any atom is 0.120 e. The number of hydrogen-bond donors (Lipinski definition) is 1. The van der Waals surface area contributed by atoms with E-state index in [1.54, 1.807) is 0 Å². The van der Waals surface area contributed by atoms with E-state index in [2.05, 4.69) is 20.8 Å². The van der Waals surface area contributed by atoms with Crippen LogP contribution in [0.5, 0.6) is 5.75 Å². The van der Waals surface area contributed by atoms with E-state index >= 15 is 0 Å². The van der Waals surface area contributed by atoms with E-state index in [1.807, 2.05) is 38.1 Å². The summed E-state index contributed by atoms with van der Waals surface area (Å²) in [6.45, 7) is 10.8. The minimum atomic E-state index is -0.716. The fourth-order valence-electron chi connectivity index (χ4n) is 3.41. The maximum atomic E-state index is 11.1. The molecule has 2 nitrogen and oxygen atoms in total. The summed E-state index contributed by atoms with van der Waals surface area (Å²) in [7, 11) is 0. The molecule has 1 aliphatic rings. The first-order valence-electron chi connectivity index (χ1n) is 7.72. The molecule has 0 heterocycles. The number of benzene rings is 1. The first-order valence-corrected chi connectivity index (χ1v) is 7.72. The van der Waals surface area contributed by atoms with Crippen LogP contribution in [0.3, 0.4) is 0 Å². The van der Waals surface area contributed by atoms with Gasteiger partial charge in [0.1, 0.15) is 5.75 Å². The van der Waals surface area contributed by atoms with Crippen LogP contribution >= 0.6 is 0 Å². The van der Waals surface area contributed by atoms with Crippen molar-refractivity contribution in [2.45, 2.75) is 65.6 Å². The summed E-state index contributed by atoms with van der Waals surface area (Å²) in [5.74, 6) is 1.11. The molecule has 1 aliphatic carbocycles. The summed E-state index contributed by atoms with van der Waals surface area (Å²) in [5.41, 5.74) is 0.613. The van der Waals surface area contributed by atoms with Gasteiger partial charge in [-0.15, -0.1) is 0 Å². The highest BCUT2D eigenvalue weighted by atomic mass is 16.5. The predicted octanol–water partition coefficient (Wildman–Crippen LogP) is 4.51. The Morgan fingerprint density at radius 2 is 1.95 bits per heavy atom. The number of ether oxygens (including phenoxy) is 1. The SMILES string of the molecule is CC(C)Oc1cccc(C2(O)CCC(C)(C)CC2C)c1. The molecule has 2 unspecified atom stereocenters. The van der Waals surface area contributed by atoms with E-state index in [-0.39, 0.29) is 12.0 Å². The van der Waals surface area contributed by atoms with Gasteiger partial charge < -0.3 is 9.84 Å². The van der Waals surface area contributed by atoms with Gasteiger partial charge in [0.05, 0.1) is 11.7 Å². The second-order valence-electron chi connectivity index (χ2n) is 7.39. The third-order valence-corrected chi connectivity index (χ3v) is 4.56. The lowest BCUT2D eigenvalue weighted by Crippen LogP contribution is -2.41. The second kappa shape index (κ2) is 5.40. The van der Waals surface area contributed by atoms with Gasteiger partial charge in [-0.25, -0.2) is 0 Å². The van der Waals surface area contributed by atoms with Crippen molar-refractivity contribution < 1.29 is 9.84 Å². The number of aliphatic hydroxyl groups is 1. The molecule has 0 radical (unpaired) electrons. The normalized spacial score (nSPS) is 29.4. The van der Waals surface area contributed by atoms with Crippen molar-refractivity contribution in [3.8, 4) is 5.75 Å². The van der Waals surface area contributed by atoms with Crippen LogP contribution in [-0.4, -0.2) is 11.2 Å². The Morgan fingerprint density at radius 1 is 1.25 bits per heavy atom. The van der Waals surface area contributed by atoms with Crippen LogP contribution in [0.15, 0.2) is 24.3 Å². The molecule has 20 heavy (non-hydrogen) atoms. The Hall–Kier alpha value is -1.02. The van der Waals surface area contributed by atoms with Crippen molar-refractivity contribution in [1.29, 1.82) is 0 Å². The van der Waals surface area contributed by atoms with Gasteiger partial charge in [0, 0.05) is 0 Å². The van der Waals surface area contributed by atoms with Crippen LogP contribution in [0, 0.1) is 11.3 Å². The van der Waals surface area contributed by atoms with Gasteiger partial charge in [-0.1, -0.05) is 32.9 Å². The molecular weight excluding hydrogens is 248 g/mol. The molecule has 2 rings (SSSR count). The molecule has 0 spiro atoms. The van der Waals surface area contributed by atoms with Gasteiger partial charge in [0.15, 0.2) is 0 Å². The van der Waals surface area contributed by atoms with Crippen molar-refractivity contribution in [3.63, 3.8) is 0 Å². The molecule has 2 heteroatoms. The average molecular weight is 276 g/mol. The van der Waals surface area contributed by atoms with E-state index in [4.69, 9.17) is 4.74 Å². The lowest BCUT2D eigenvalue weighted by Gasteiger charge is -2.45. The van der Waals surface area contributed by atoms with E-state index in [0.29, 0.717) is 5.41 Å². The highest BCUT2D eigenvalue weighted by Gasteiger charge is 2.43. The van der Waals surface area contributed by atoms with Crippen molar-refractivity contribution >= 4 is 0 Å². The van der Waals surface area contributed by atoms with Crippen LogP contribution in [0.2, 0.25) is 0 Å². The van der Waals surface area contributed by atoms with Gasteiger partial charge in [-0.3, -0.25) is 0 Å². The third kappa shape index (κ3) is 3.17. The lowest BCUT2D eigenvalue weighted by molar-refractivity contribution is -0.0771. The van der Waals surface area contributed by atoms with Gasteiger partial charge >= 0.3 is 0 Å². The summed E-state index contributed by atoms with van der Waals surface area (Å²) >= 11 is 0. The Bertz CT molecular complexity index is 464. The fourth-order valence-corrected chi connectivity index (χ4v) is 3.41. The van der Waals surface area contributed by atoms with Gasteiger partial charge in [-0.2, -0.15) is 0 Å². The van der Waals surface area contributed by atoms with E-state index in [1.165, 1.54) is 0 Å². The fraction of sp³-hybridized carbons (Fsp3) is 0.667. The van der Waals surface area contributed by atoms with Crippen molar-refractivity contribution in [3.05, 3.63) is 29.8 Å². The predicted molar refractivity (Wildman–Crippen MR) is 82.9 cm³/mol. The van der Waals surface area contributed by atoms with Crippen molar-refractivity contribution in [1.82, 2.24) is 0 Å². The highest BCUT2D eigenvalue weighted by Crippen LogP contribution is 2.49. The molecule has 0 aliphatic heterocycles. The standard InChI is InChI=1S/C18H28O2/c1-13(2)20-16-8-6-7-15(11-16)18(19)10-9-17(4,5)12-14(18)3/h6-8,11,13-14,19H,9-10,12H2,1-5H3. The Morgan fingerprint density at radius 3 is 2.55 bits per heavy atom. The molecule has 0 aromatic heterocycles. The first-order chi connectivity index (χ1) is 9.23. The monoisotopic (exact) mass is 276 g/mol. The van der Waals surface area contributed by atoms with Crippen LogP contribution in [0.25, 0.3) is 0 Å². The third-order valence-electron chi connectivity index (χ3n) is 4.56. The molecule has 112 valence electrons. The summed E-state index contributed by atoms with van der Waals surface area (Å²) in [6, 6.07) is 7.98. The smallest absolute Gasteiger partial charge is 0.120 e. The molecule has 0 amide bonds. The van der Waals surface area contributed by atoms with Crippen molar-refractivity contribution in [2.75, 3.05) is 0 Å². The van der Waals surface area contributed by atoms with E-state index < -0.39 is 5.60 Å². The second-order valence-corrected chi connectivity index (χ2v) is 7.39. The summed E-state index contributed by atoms with van der Waals surface area (Å²) in [4.78, 5) is 0.